The fraction of sp³-hybridized carbons (Fsp3) is 0.160. The first-order valence-electron chi connectivity index (χ1n) is 9.96. The van der Waals surface area contributed by atoms with E-state index in [4.69, 9.17) is 14.3 Å². The monoisotopic (exact) mass is 432 g/mol. The standard InChI is InChI=1S/C25H24N2O5/c1-18(28)21-9-6-10-22(14-21)27-25(29)17-32-26-15-20-11-12-23(24(13-20)30-2)31-16-19-7-4-3-5-8-19/h3-15H,16-17H2,1-2H3,(H,27,29)/b26-15+. The van der Waals surface area contributed by atoms with Crippen molar-refractivity contribution >= 4 is 23.6 Å². The maximum Gasteiger partial charge on any atom is 0.265 e. The average Bonchev–Trinajstić information content (AvgIpc) is 2.81. The fourth-order valence-corrected chi connectivity index (χ4v) is 2.83. The maximum absolute atomic E-state index is 12.0. The Balaban J connectivity index is 1.51. The molecule has 0 spiro atoms. The Morgan fingerprint density at radius 2 is 1.78 bits per heavy atom. The van der Waals surface area contributed by atoms with Gasteiger partial charge in [-0.05, 0) is 42.8 Å². The number of rotatable bonds is 10. The van der Waals surface area contributed by atoms with Crippen molar-refractivity contribution in [3.63, 3.8) is 0 Å². The van der Waals surface area contributed by atoms with Gasteiger partial charge in [-0.15, -0.1) is 0 Å². The summed E-state index contributed by atoms with van der Waals surface area (Å²) in [4.78, 5) is 28.5. The molecular formula is C25H24N2O5. The molecule has 3 aromatic rings. The summed E-state index contributed by atoms with van der Waals surface area (Å²) in [5.74, 6) is 0.716. The Hall–Kier alpha value is -4.13. The minimum Gasteiger partial charge on any atom is -0.493 e. The van der Waals surface area contributed by atoms with Gasteiger partial charge in [0.2, 0.25) is 0 Å². The number of hydrogen-bond donors (Lipinski definition) is 1. The van der Waals surface area contributed by atoms with E-state index < -0.39 is 0 Å². The lowest BCUT2D eigenvalue weighted by atomic mass is 10.1. The summed E-state index contributed by atoms with van der Waals surface area (Å²) in [7, 11) is 1.56. The molecule has 3 rings (SSSR count). The second-order valence-corrected chi connectivity index (χ2v) is 6.88. The van der Waals surface area contributed by atoms with Crippen LogP contribution >= 0.6 is 0 Å². The van der Waals surface area contributed by atoms with Gasteiger partial charge in [-0.25, -0.2) is 0 Å². The van der Waals surface area contributed by atoms with Crippen LogP contribution in [-0.4, -0.2) is 31.6 Å². The number of methoxy groups -OCH3 is 1. The van der Waals surface area contributed by atoms with Gasteiger partial charge in [-0.3, -0.25) is 9.59 Å². The minimum absolute atomic E-state index is 0.0751. The molecule has 0 saturated carbocycles. The summed E-state index contributed by atoms with van der Waals surface area (Å²) in [5, 5.41) is 6.49. The number of carbonyl (C=O) groups is 2. The van der Waals surface area contributed by atoms with Gasteiger partial charge < -0.3 is 19.6 Å². The summed E-state index contributed by atoms with van der Waals surface area (Å²) in [6.45, 7) is 1.63. The molecule has 0 bridgehead atoms. The summed E-state index contributed by atoms with van der Waals surface area (Å²) < 4.78 is 11.2. The van der Waals surface area contributed by atoms with E-state index in [1.54, 1.807) is 43.5 Å². The largest absolute Gasteiger partial charge is 0.493 e. The lowest BCUT2D eigenvalue weighted by Gasteiger charge is -2.11. The molecule has 164 valence electrons. The van der Waals surface area contributed by atoms with Crippen molar-refractivity contribution in [2.24, 2.45) is 5.16 Å². The van der Waals surface area contributed by atoms with Crippen LogP contribution in [0.25, 0.3) is 0 Å². The highest BCUT2D eigenvalue weighted by molar-refractivity contribution is 5.97. The molecular weight excluding hydrogens is 408 g/mol. The molecule has 0 fully saturated rings. The number of anilines is 1. The molecule has 0 aliphatic rings. The fourth-order valence-electron chi connectivity index (χ4n) is 2.83. The van der Waals surface area contributed by atoms with Crippen molar-refractivity contribution < 1.29 is 23.9 Å². The molecule has 0 unspecified atom stereocenters. The third-order valence-electron chi connectivity index (χ3n) is 4.45. The number of amides is 1. The zero-order chi connectivity index (χ0) is 22.8. The smallest absolute Gasteiger partial charge is 0.265 e. The number of nitrogens with one attached hydrogen (secondary N) is 1. The van der Waals surface area contributed by atoms with Gasteiger partial charge in [0.05, 0.1) is 13.3 Å². The van der Waals surface area contributed by atoms with Crippen molar-refractivity contribution in [3.8, 4) is 11.5 Å². The molecule has 0 aliphatic heterocycles. The normalized spacial score (nSPS) is 10.6. The van der Waals surface area contributed by atoms with Gasteiger partial charge in [0, 0.05) is 16.8 Å². The van der Waals surface area contributed by atoms with E-state index in [1.807, 2.05) is 36.4 Å². The number of ketones is 1. The predicted molar refractivity (Wildman–Crippen MR) is 122 cm³/mol. The maximum atomic E-state index is 12.0. The average molecular weight is 432 g/mol. The molecule has 0 heterocycles. The van der Waals surface area contributed by atoms with E-state index in [0.717, 1.165) is 11.1 Å². The van der Waals surface area contributed by atoms with E-state index in [9.17, 15) is 9.59 Å². The molecule has 0 radical (unpaired) electrons. The molecule has 0 aliphatic carbocycles. The highest BCUT2D eigenvalue weighted by Crippen LogP contribution is 2.28. The summed E-state index contributed by atoms with van der Waals surface area (Å²) >= 11 is 0. The van der Waals surface area contributed by atoms with Crippen molar-refractivity contribution in [2.45, 2.75) is 13.5 Å². The minimum atomic E-state index is -0.384. The summed E-state index contributed by atoms with van der Waals surface area (Å²) in [6.07, 6.45) is 1.48. The van der Waals surface area contributed by atoms with E-state index in [-0.39, 0.29) is 18.3 Å². The van der Waals surface area contributed by atoms with Crippen LogP contribution in [0.4, 0.5) is 5.69 Å². The van der Waals surface area contributed by atoms with Gasteiger partial charge in [0.1, 0.15) is 6.61 Å². The SMILES string of the molecule is COc1cc(/C=N/OCC(=O)Nc2cccc(C(C)=O)c2)ccc1OCc1ccccc1. The lowest BCUT2D eigenvalue weighted by molar-refractivity contribution is -0.120. The zero-order valence-corrected chi connectivity index (χ0v) is 17.9. The van der Waals surface area contributed by atoms with Crippen LogP contribution in [-0.2, 0) is 16.2 Å². The van der Waals surface area contributed by atoms with Crippen molar-refractivity contribution in [2.75, 3.05) is 19.0 Å². The van der Waals surface area contributed by atoms with Crippen molar-refractivity contribution in [1.29, 1.82) is 0 Å². The number of Topliss-reactive ketones (excluding diaryl/α,β-unsaturated/α-hetero) is 1. The number of ether oxygens (including phenoxy) is 2. The molecule has 0 saturated heterocycles. The molecule has 0 aromatic heterocycles. The number of carbonyl (C=O) groups excluding carboxylic acids is 2. The van der Waals surface area contributed by atoms with Gasteiger partial charge in [-0.2, -0.15) is 0 Å². The first kappa shape index (κ1) is 22.6. The van der Waals surface area contributed by atoms with Gasteiger partial charge >= 0.3 is 0 Å². The molecule has 7 nitrogen and oxygen atoms in total. The second-order valence-electron chi connectivity index (χ2n) is 6.88. The Morgan fingerprint density at radius 1 is 0.969 bits per heavy atom. The summed E-state index contributed by atoms with van der Waals surface area (Å²) in [5.41, 5.74) is 2.82. The molecule has 7 heteroatoms. The number of benzene rings is 3. The first-order chi connectivity index (χ1) is 15.5. The molecule has 0 atom stereocenters. The van der Waals surface area contributed by atoms with Crippen LogP contribution in [0.3, 0.4) is 0 Å². The van der Waals surface area contributed by atoms with E-state index in [2.05, 4.69) is 10.5 Å². The van der Waals surface area contributed by atoms with Gasteiger partial charge in [0.25, 0.3) is 5.91 Å². The highest BCUT2D eigenvalue weighted by atomic mass is 16.6. The molecule has 1 N–H and O–H groups in total. The Morgan fingerprint density at radius 3 is 2.53 bits per heavy atom. The van der Waals surface area contributed by atoms with Crippen LogP contribution < -0.4 is 14.8 Å². The lowest BCUT2D eigenvalue weighted by Crippen LogP contribution is -2.17. The second kappa shape index (κ2) is 11.3. The zero-order valence-electron chi connectivity index (χ0n) is 17.9. The van der Waals surface area contributed by atoms with Crippen molar-refractivity contribution in [3.05, 3.63) is 89.5 Å². The molecule has 1 amide bonds. The third-order valence-corrected chi connectivity index (χ3v) is 4.45. The van der Waals surface area contributed by atoms with E-state index in [0.29, 0.717) is 29.4 Å². The van der Waals surface area contributed by atoms with Gasteiger partial charge in [0.15, 0.2) is 23.9 Å². The Labute approximate surface area is 186 Å². The third kappa shape index (κ3) is 6.70. The molecule has 32 heavy (non-hydrogen) atoms. The van der Waals surface area contributed by atoms with Crippen LogP contribution in [0.5, 0.6) is 11.5 Å². The van der Waals surface area contributed by atoms with Gasteiger partial charge in [-0.1, -0.05) is 47.6 Å². The Bertz CT molecular complexity index is 1100. The quantitative estimate of drug-likeness (QED) is 0.290. The van der Waals surface area contributed by atoms with Crippen LogP contribution in [0.1, 0.15) is 28.4 Å². The topological polar surface area (TPSA) is 86.2 Å². The number of oxime groups is 1. The Kier molecular flexibility index (Phi) is 7.97. The van der Waals surface area contributed by atoms with E-state index >= 15 is 0 Å². The highest BCUT2D eigenvalue weighted by Gasteiger charge is 2.07. The number of nitrogens with zero attached hydrogens (tertiary/aromatic N) is 1. The van der Waals surface area contributed by atoms with Crippen LogP contribution in [0.15, 0.2) is 78.0 Å². The van der Waals surface area contributed by atoms with E-state index in [1.165, 1.54) is 13.1 Å². The van der Waals surface area contributed by atoms with Crippen molar-refractivity contribution in [1.82, 2.24) is 0 Å². The first-order valence-corrected chi connectivity index (χ1v) is 9.96. The predicted octanol–water partition coefficient (Wildman–Crippen LogP) is 4.47. The number of hydrogen-bond acceptors (Lipinski definition) is 6. The molecule has 3 aromatic carbocycles. The summed E-state index contributed by atoms with van der Waals surface area (Å²) in [6, 6.07) is 21.9. The van der Waals surface area contributed by atoms with Crippen LogP contribution in [0, 0.1) is 0 Å². The van der Waals surface area contributed by atoms with Crippen LogP contribution in [0.2, 0.25) is 0 Å².